The van der Waals surface area contributed by atoms with Crippen molar-refractivity contribution < 1.29 is 35.1 Å². The van der Waals surface area contributed by atoms with Gasteiger partial charge >= 0.3 is 0 Å². The maximum Gasteiger partial charge on any atom is 0.230 e. The molecule has 0 aromatic heterocycles. The lowest BCUT2D eigenvalue weighted by atomic mass is 9.98. The molecule has 94 valence electrons. The molecular weight excluding hydrogens is 222 g/mol. The molecule has 0 aliphatic rings. The van der Waals surface area contributed by atoms with E-state index in [1.807, 2.05) is 0 Å². The van der Waals surface area contributed by atoms with E-state index >= 15 is 0 Å². The summed E-state index contributed by atoms with van der Waals surface area (Å²) < 4.78 is 0. The van der Waals surface area contributed by atoms with Gasteiger partial charge in [0.1, 0.15) is 24.4 Å². The minimum atomic E-state index is -1.91. The summed E-state index contributed by atoms with van der Waals surface area (Å²) in [5.41, 5.74) is 5.15. The lowest BCUT2D eigenvalue weighted by Gasteiger charge is -2.21. The molecule has 0 aromatic rings. The summed E-state index contributed by atoms with van der Waals surface area (Å²) in [5, 5.41) is 43.9. The van der Waals surface area contributed by atoms with Crippen LogP contribution in [0.3, 0.4) is 0 Å². The number of carbonyl (C=O) groups excluding carboxylic acids is 2. The number of aliphatic hydroxyl groups is 5. The van der Waals surface area contributed by atoms with Crippen LogP contribution in [0.1, 0.15) is 0 Å². The fourth-order valence-electron chi connectivity index (χ4n) is 0.914. The van der Waals surface area contributed by atoms with Crippen molar-refractivity contribution in [1.82, 2.24) is 0 Å². The van der Waals surface area contributed by atoms with Crippen molar-refractivity contribution in [2.45, 2.75) is 24.4 Å². The highest BCUT2D eigenvalue weighted by Gasteiger charge is 2.34. The zero-order chi connectivity index (χ0) is 12.9. The third-order valence-electron chi connectivity index (χ3n) is 1.97. The lowest BCUT2D eigenvalue weighted by molar-refractivity contribution is -0.146. The Balaban J connectivity index is 4.55. The molecule has 0 saturated heterocycles. The third-order valence-corrected chi connectivity index (χ3v) is 1.97. The van der Waals surface area contributed by atoms with Gasteiger partial charge in [-0.25, -0.2) is 0 Å². The molecule has 0 aliphatic carbocycles. The van der Waals surface area contributed by atoms with Crippen molar-refractivity contribution in [1.29, 1.82) is 0 Å². The summed E-state index contributed by atoms with van der Waals surface area (Å²) in [6.07, 6.45) is -5.40. The Morgan fingerprint density at radius 1 is 1.00 bits per heavy atom. The molecule has 0 fully saturated rings. The number of nitrogens with two attached hydrogens (primary N) is 1. The first-order valence-corrected chi connectivity index (χ1v) is 4.46. The molecule has 16 heavy (non-hydrogen) atoms. The summed E-state index contributed by atoms with van der Waals surface area (Å²) in [6.45, 7) is -1.78. The average molecular weight is 237 g/mol. The Morgan fingerprint density at radius 3 is 1.88 bits per heavy atom. The van der Waals surface area contributed by atoms with Gasteiger partial charge in [-0.15, -0.1) is 0 Å². The number of aliphatic hydroxyl groups excluding tert-OH is 5. The average Bonchev–Trinajstić information content (AvgIpc) is 2.32. The quantitative estimate of drug-likeness (QED) is 0.241. The molecule has 8 nitrogen and oxygen atoms in total. The van der Waals surface area contributed by atoms with Crippen LogP contribution in [0.5, 0.6) is 0 Å². The van der Waals surface area contributed by atoms with E-state index < -0.39 is 49.1 Å². The second-order valence-electron chi connectivity index (χ2n) is 3.19. The first-order chi connectivity index (χ1) is 7.36. The largest absolute Gasteiger partial charge is 0.394 e. The first-order valence-electron chi connectivity index (χ1n) is 4.46. The maximum absolute atomic E-state index is 11.2. The van der Waals surface area contributed by atoms with Crippen molar-refractivity contribution >= 4 is 11.6 Å². The number of hydrogen-bond acceptors (Lipinski definition) is 8. The van der Waals surface area contributed by atoms with Crippen molar-refractivity contribution in [2.75, 3.05) is 13.2 Å². The van der Waals surface area contributed by atoms with E-state index in [1.165, 1.54) is 0 Å². The SMILES string of the molecule is N[C@@H](C(=O)C(=O)[C@H](O)CO)C(O)C(O)CO. The minimum Gasteiger partial charge on any atom is -0.394 e. The van der Waals surface area contributed by atoms with Gasteiger partial charge in [-0.05, 0) is 0 Å². The minimum absolute atomic E-state index is 0.834. The van der Waals surface area contributed by atoms with Crippen LogP contribution in [0.2, 0.25) is 0 Å². The Kier molecular flexibility index (Phi) is 6.26. The van der Waals surface area contributed by atoms with Crippen LogP contribution in [0.4, 0.5) is 0 Å². The summed E-state index contributed by atoms with van der Waals surface area (Å²) in [4.78, 5) is 22.2. The van der Waals surface area contributed by atoms with E-state index in [1.54, 1.807) is 0 Å². The van der Waals surface area contributed by atoms with Crippen molar-refractivity contribution in [3.05, 3.63) is 0 Å². The molecule has 0 aliphatic heterocycles. The van der Waals surface area contributed by atoms with Crippen LogP contribution in [0.15, 0.2) is 0 Å². The standard InChI is InChI=1S/C8H15NO7/c9-5(6(14)3(12)1-10)8(16)7(15)4(13)2-11/h3-6,10-14H,1-2,9H2/t3?,4-,5-,6?/m1/s1. The molecule has 0 bridgehead atoms. The van der Waals surface area contributed by atoms with Gasteiger partial charge in [0.15, 0.2) is 0 Å². The van der Waals surface area contributed by atoms with Gasteiger partial charge in [0, 0.05) is 0 Å². The van der Waals surface area contributed by atoms with Gasteiger partial charge in [-0.2, -0.15) is 0 Å². The topological polar surface area (TPSA) is 161 Å². The summed E-state index contributed by atoms with van der Waals surface area (Å²) >= 11 is 0. The van der Waals surface area contributed by atoms with Crippen LogP contribution in [-0.2, 0) is 9.59 Å². The van der Waals surface area contributed by atoms with Crippen molar-refractivity contribution in [3.8, 4) is 0 Å². The van der Waals surface area contributed by atoms with Crippen molar-refractivity contribution in [3.63, 3.8) is 0 Å². The van der Waals surface area contributed by atoms with Gasteiger partial charge in [-0.3, -0.25) is 9.59 Å². The first kappa shape index (κ1) is 15.1. The second-order valence-corrected chi connectivity index (χ2v) is 3.19. The predicted octanol–water partition coefficient (Wildman–Crippen LogP) is -4.48. The zero-order valence-electron chi connectivity index (χ0n) is 8.35. The van der Waals surface area contributed by atoms with Crippen LogP contribution >= 0.6 is 0 Å². The van der Waals surface area contributed by atoms with Crippen LogP contribution in [0.25, 0.3) is 0 Å². The van der Waals surface area contributed by atoms with E-state index in [0.29, 0.717) is 0 Å². The highest BCUT2D eigenvalue weighted by molar-refractivity contribution is 6.40. The van der Waals surface area contributed by atoms with Gasteiger partial charge in [-0.1, -0.05) is 0 Å². The molecule has 0 rings (SSSR count). The van der Waals surface area contributed by atoms with Gasteiger partial charge in [0.2, 0.25) is 11.6 Å². The Hall–Kier alpha value is -0.900. The Bertz CT molecular complexity index is 257. The van der Waals surface area contributed by atoms with Gasteiger partial charge in [0.05, 0.1) is 13.2 Å². The maximum atomic E-state index is 11.2. The molecule has 8 heteroatoms. The van der Waals surface area contributed by atoms with Crippen molar-refractivity contribution in [2.24, 2.45) is 5.73 Å². The zero-order valence-corrected chi connectivity index (χ0v) is 8.35. The molecule has 0 aromatic carbocycles. The van der Waals surface area contributed by atoms with E-state index in [0.717, 1.165) is 0 Å². The van der Waals surface area contributed by atoms with E-state index in [-0.39, 0.29) is 0 Å². The van der Waals surface area contributed by atoms with Crippen LogP contribution in [-0.4, -0.2) is 74.7 Å². The number of ketones is 2. The van der Waals surface area contributed by atoms with Crippen LogP contribution < -0.4 is 5.73 Å². The monoisotopic (exact) mass is 237 g/mol. The number of carbonyl (C=O) groups is 2. The lowest BCUT2D eigenvalue weighted by Crippen LogP contribution is -2.53. The smallest absolute Gasteiger partial charge is 0.230 e. The fourth-order valence-corrected chi connectivity index (χ4v) is 0.914. The normalized spacial score (nSPS) is 18.6. The summed E-state index contributed by atoms with van der Waals surface area (Å²) in [7, 11) is 0. The number of rotatable bonds is 7. The highest BCUT2D eigenvalue weighted by atomic mass is 16.4. The molecule has 0 heterocycles. The molecular formula is C8H15NO7. The number of Topliss-reactive ketones (excluding diaryl/α,β-unsaturated/α-hetero) is 2. The van der Waals surface area contributed by atoms with Gasteiger partial charge < -0.3 is 31.3 Å². The second kappa shape index (κ2) is 6.63. The Labute approximate surface area is 90.9 Å². The fraction of sp³-hybridized carbons (Fsp3) is 0.750. The predicted molar refractivity (Wildman–Crippen MR) is 50.2 cm³/mol. The van der Waals surface area contributed by atoms with E-state index in [4.69, 9.17) is 26.2 Å². The summed E-state index contributed by atoms with van der Waals surface area (Å²) in [6, 6.07) is -1.77. The molecule has 0 radical (unpaired) electrons. The van der Waals surface area contributed by atoms with E-state index in [9.17, 15) is 14.7 Å². The highest BCUT2D eigenvalue weighted by Crippen LogP contribution is 2.01. The van der Waals surface area contributed by atoms with E-state index in [2.05, 4.69) is 0 Å². The molecule has 4 atom stereocenters. The van der Waals surface area contributed by atoms with Gasteiger partial charge in [0.25, 0.3) is 0 Å². The molecule has 0 spiro atoms. The molecule has 0 amide bonds. The Morgan fingerprint density at radius 2 is 1.50 bits per heavy atom. The third kappa shape index (κ3) is 3.59. The molecule has 0 saturated carbocycles. The van der Waals surface area contributed by atoms with Crippen LogP contribution in [0, 0.1) is 0 Å². The molecule has 2 unspecified atom stereocenters. The number of hydrogen-bond donors (Lipinski definition) is 6. The molecule has 7 N–H and O–H groups in total. The summed E-state index contributed by atoms with van der Waals surface area (Å²) in [5.74, 6) is -2.69.